The fourth-order valence-electron chi connectivity index (χ4n) is 3.24. The fourth-order valence-corrected chi connectivity index (χ4v) is 3.24. The molecule has 0 fully saturated rings. The minimum absolute atomic E-state index is 0.0885. The van der Waals surface area contributed by atoms with Crippen LogP contribution in [0.5, 0.6) is 0 Å². The Bertz CT molecular complexity index is 854. The number of hydrogen-bond donors (Lipinski definition) is 1. The van der Waals surface area contributed by atoms with Crippen LogP contribution in [0.3, 0.4) is 0 Å². The van der Waals surface area contributed by atoms with Gasteiger partial charge in [0.25, 0.3) is 5.91 Å². The van der Waals surface area contributed by atoms with Gasteiger partial charge < -0.3 is 14.6 Å². The van der Waals surface area contributed by atoms with Crippen LogP contribution in [0.4, 0.5) is 5.69 Å². The fraction of sp³-hybridized carbons (Fsp3) is 0.190. The lowest BCUT2D eigenvalue weighted by atomic mass is 10.1. The summed E-state index contributed by atoms with van der Waals surface area (Å²) in [5, 5.41) is 2.86. The normalized spacial score (nSPS) is 12.9. The number of hydrogen-bond acceptors (Lipinski definition) is 3. The average Bonchev–Trinajstić information content (AvgIpc) is 3.31. The number of para-hydroxylation sites is 1. The van der Waals surface area contributed by atoms with Crippen LogP contribution in [-0.2, 0) is 19.5 Å². The summed E-state index contributed by atoms with van der Waals surface area (Å²) in [6, 6.07) is 20.0. The highest BCUT2D eigenvalue weighted by Crippen LogP contribution is 2.28. The summed E-state index contributed by atoms with van der Waals surface area (Å²) in [7, 11) is 0. The van der Waals surface area contributed by atoms with Crippen molar-refractivity contribution in [3.63, 3.8) is 0 Å². The summed E-state index contributed by atoms with van der Waals surface area (Å²) in [6.45, 7) is 2.31. The molecule has 4 heteroatoms. The summed E-state index contributed by atoms with van der Waals surface area (Å²) in [5.74, 6) is 0.659. The highest BCUT2D eigenvalue weighted by molar-refractivity contribution is 5.94. The molecular formula is C21H20N2O2. The molecule has 25 heavy (non-hydrogen) atoms. The van der Waals surface area contributed by atoms with Gasteiger partial charge in [-0.2, -0.15) is 0 Å². The Morgan fingerprint density at radius 1 is 1.04 bits per heavy atom. The molecule has 0 bridgehead atoms. The molecule has 0 spiro atoms. The highest BCUT2D eigenvalue weighted by Gasteiger charge is 2.18. The van der Waals surface area contributed by atoms with Crippen LogP contribution in [0, 0.1) is 0 Å². The van der Waals surface area contributed by atoms with Gasteiger partial charge in [0.1, 0.15) is 5.76 Å². The van der Waals surface area contributed by atoms with Crippen molar-refractivity contribution in [1.82, 2.24) is 5.32 Å². The van der Waals surface area contributed by atoms with Crippen molar-refractivity contribution in [3.05, 3.63) is 89.4 Å². The number of carbonyl (C=O) groups is 1. The lowest BCUT2D eigenvalue weighted by molar-refractivity contribution is 0.0948. The maximum Gasteiger partial charge on any atom is 0.251 e. The number of benzene rings is 2. The molecule has 2 heterocycles. The van der Waals surface area contributed by atoms with Gasteiger partial charge in [-0.05, 0) is 47.9 Å². The predicted molar refractivity (Wildman–Crippen MR) is 97.5 cm³/mol. The second kappa shape index (κ2) is 6.85. The largest absolute Gasteiger partial charge is 0.467 e. The molecule has 0 saturated heterocycles. The van der Waals surface area contributed by atoms with Gasteiger partial charge in [0.15, 0.2) is 0 Å². The molecule has 0 aliphatic carbocycles. The van der Waals surface area contributed by atoms with Gasteiger partial charge >= 0.3 is 0 Å². The first-order chi connectivity index (χ1) is 12.3. The number of fused-ring (bicyclic) bond motifs is 1. The molecule has 0 unspecified atom stereocenters. The summed E-state index contributed by atoms with van der Waals surface area (Å²) in [5.41, 5.74) is 4.61. The van der Waals surface area contributed by atoms with E-state index in [2.05, 4.69) is 34.5 Å². The molecule has 0 saturated carbocycles. The molecule has 1 aliphatic heterocycles. The Labute approximate surface area is 147 Å². The van der Waals surface area contributed by atoms with E-state index in [0.717, 1.165) is 25.3 Å². The smallest absolute Gasteiger partial charge is 0.251 e. The second-order valence-electron chi connectivity index (χ2n) is 6.26. The minimum Gasteiger partial charge on any atom is -0.467 e. The molecule has 1 amide bonds. The van der Waals surface area contributed by atoms with Gasteiger partial charge in [-0.25, -0.2) is 0 Å². The quantitative estimate of drug-likeness (QED) is 0.773. The zero-order valence-corrected chi connectivity index (χ0v) is 13.9. The molecule has 1 aliphatic rings. The Kier molecular flexibility index (Phi) is 4.25. The number of rotatable bonds is 5. The lowest BCUT2D eigenvalue weighted by Crippen LogP contribution is -2.23. The maximum absolute atomic E-state index is 12.2. The van der Waals surface area contributed by atoms with Gasteiger partial charge in [-0.3, -0.25) is 4.79 Å². The molecule has 1 aromatic heterocycles. The van der Waals surface area contributed by atoms with E-state index in [0.29, 0.717) is 12.1 Å². The van der Waals surface area contributed by atoms with Gasteiger partial charge in [0.05, 0.1) is 12.8 Å². The van der Waals surface area contributed by atoms with Crippen molar-refractivity contribution in [3.8, 4) is 0 Å². The van der Waals surface area contributed by atoms with Crippen LogP contribution in [0.1, 0.15) is 27.2 Å². The third kappa shape index (κ3) is 3.43. The standard InChI is InChI=1S/C21H20N2O2/c24-21(22-14-19-5-3-13-25-19)18-9-7-16(8-10-18)15-23-12-11-17-4-1-2-6-20(17)23/h1-10,13H,11-12,14-15H2,(H,22,24). The van der Waals surface area contributed by atoms with Crippen molar-refractivity contribution in [2.45, 2.75) is 19.5 Å². The van der Waals surface area contributed by atoms with Crippen LogP contribution in [0.2, 0.25) is 0 Å². The summed E-state index contributed by atoms with van der Waals surface area (Å²) >= 11 is 0. The average molecular weight is 332 g/mol. The van der Waals surface area contributed by atoms with Gasteiger partial charge in [0, 0.05) is 24.3 Å². The van der Waals surface area contributed by atoms with Crippen molar-refractivity contribution < 1.29 is 9.21 Å². The molecule has 126 valence electrons. The van der Waals surface area contributed by atoms with E-state index in [1.807, 2.05) is 36.4 Å². The van der Waals surface area contributed by atoms with E-state index in [1.54, 1.807) is 6.26 Å². The van der Waals surface area contributed by atoms with E-state index in [4.69, 9.17) is 4.42 Å². The molecular weight excluding hydrogens is 312 g/mol. The zero-order valence-electron chi connectivity index (χ0n) is 13.9. The SMILES string of the molecule is O=C(NCc1ccco1)c1ccc(CN2CCc3ccccc32)cc1. The topological polar surface area (TPSA) is 45.5 Å². The first-order valence-corrected chi connectivity index (χ1v) is 8.52. The first-order valence-electron chi connectivity index (χ1n) is 8.52. The number of amides is 1. The van der Waals surface area contributed by atoms with Gasteiger partial charge in [-0.15, -0.1) is 0 Å². The van der Waals surface area contributed by atoms with Crippen LogP contribution < -0.4 is 10.2 Å². The van der Waals surface area contributed by atoms with E-state index in [-0.39, 0.29) is 5.91 Å². The third-order valence-corrected chi connectivity index (χ3v) is 4.58. The number of carbonyl (C=O) groups excluding carboxylic acids is 1. The third-order valence-electron chi connectivity index (χ3n) is 4.58. The van der Waals surface area contributed by atoms with Crippen molar-refractivity contribution in [2.24, 2.45) is 0 Å². The number of nitrogens with one attached hydrogen (secondary N) is 1. The zero-order chi connectivity index (χ0) is 17.1. The molecule has 0 radical (unpaired) electrons. The minimum atomic E-state index is -0.0885. The summed E-state index contributed by atoms with van der Waals surface area (Å²) in [6.07, 6.45) is 2.70. The van der Waals surface area contributed by atoms with Crippen molar-refractivity contribution in [1.29, 1.82) is 0 Å². The Hall–Kier alpha value is -3.01. The first kappa shape index (κ1) is 15.5. The molecule has 4 rings (SSSR count). The predicted octanol–water partition coefficient (Wildman–Crippen LogP) is 3.77. The molecule has 1 N–H and O–H groups in total. The molecule has 0 atom stereocenters. The van der Waals surface area contributed by atoms with Crippen LogP contribution in [0.25, 0.3) is 0 Å². The maximum atomic E-state index is 12.2. The highest BCUT2D eigenvalue weighted by atomic mass is 16.3. The molecule has 3 aromatic rings. The van der Waals surface area contributed by atoms with E-state index in [9.17, 15) is 4.79 Å². The monoisotopic (exact) mass is 332 g/mol. The summed E-state index contributed by atoms with van der Waals surface area (Å²) < 4.78 is 5.22. The Balaban J connectivity index is 1.38. The second-order valence-corrected chi connectivity index (χ2v) is 6.26. The lowest BCUT2D eigenvalue weighted by Gasteiger charge is -2.19. The molecule has 4 nitrogen and oxygen atoms in total. The van der Waals surface area contributed by atoms with Gasteiger partial charge in [-0.1, -0.05) is 30.3 Å². The van der Waals surface area contributed by atoms with Crippen molar-refractivity contribution in [2.75, 3.05) is 11.4 Å². The number of nitrogens with zero attached hydrogens (tertiary/aromatic N) is 1. The Morgan fingerprint density at radius 2 is 1.88 bits per heavy atom. The Morgan fingerprint density at radius 3 is 2.68 bits per heavy atom. The van der Waals surface area contributed by atoms with Crippen LogP contribution in [-0.4, -0.2) is 12.5 Å². The van der Waals surface area contributed by atoms with E-state index < -0.39 is 0 Å². The van der Waals surface area contributed by atoms with Gasteiger partial charge in [0.2, 0.25) is 0 Å². The van der Waals surface area contributed by atoms with Crippen LogP contribution >= 0.6 is 0 Å². The van der Waals surface area contributed by atoms with E-state index >= 15 is 0 Å². The van der Waals surface area contributed by atoms with Crippen LogP contribution in [0.15, 0.2) is 71.3 Å². The number of furan rings is 1. The summed E-state index contributed by atoms with van der Waals surface area (Å²) in [4.78, 5) is 14.6. The van der Waals surface area contributed by atoms with Crippen molar-refractivity contribution >= 4 is 11.6 Å². The number of anilines is 1. The molecule has 2 aromatic carbocycles. The van der Waals surface area contributed by atoms with E-state index in [1.165, 1.54) is 16.8 Å².